The summed E-state index contributed by atoms with van der Waals surface area (Å²) in [6.07, 6.45) is -0.0000481. The summed E-state index contributed by atoms with van der Waals surface area (Å²) in [5, 5.41) is 3.45. The molecule has 1 rings (SSSR count). The number of amides is 1. The van der Waals surface area contributed by atoms with Crippen LogP contribution in [0.25, 0.3) is 0 Å². The molecule has 1 aromatic rings. The van der Waals surface area contributed by atoms with Crippen LogP contribution in [-0.4, -0.2) is 17.6 Å². The largest absolute Gasteiger partial charge is 0.481 e. The van der Waals surface area contributed by atoms with Crippen LogP contribution in [-0.2, 0) is 4.79 Å². The van der Waals surface area contributed by atoms with Crippen molar-refractivity contribution in [2.24, 2.45) is 0 Å². The molecule has 0 fully saturated rings. The Labute approximate surface area is 125 Å². The van der Waals surface area contributed by atoms with Gasteiger partial charge in [-0.25, -0.2) is 0 Å². The second kappa shape index (κ2) is 7.21. The lowest BCUT2D eigenvalue weighted by molar-refractivity contribution is -0.129. The minimum Gasteiger partial charge on any atom is -0.481 e. The maximum Gasteiger partial charge on any atom is 0.262 e. The zero-order valence-corrected chi connectivity index (χ0v) is 13.0. The smallest absolute Gasteiger partial charge is 0.262 e. The summed E-state index contributed by atoms with van der Waals surface area (Å²) >= 11 is 5.90. The van der Waals surface area contributed by atoms with E-state index in [-0.39, 0.29) is 5.91 Å². The van der Waals surface area contributed by atoms with E-state index in [1.807, 2.05) is 20.8 Å². The Morgan fingerprint density at radius 1 is 1.50 bits per heavy atom. The molecule has 1 N–H and O–H groups in total. The highest BCUT2D eigenvalue weighted by molar-refractivity contribution is 6.30. The van der Waals surface area contributed by atoms with Gasteiger partial charge in [0, 0.05) is 5.02 Å². The number of nitrogens with one attached hydrogen (secondary N) is 1. The van der Waals surface area contributed by atoms with Crippen LogP contribution in [0.5, 0.6) is 5.75 Å². The van der Waals surface area contributed by atoms with Crippen molar-refractivity contribution in [3.05, 3.63) is 29.3 Å². The molecule has 0 aliphatic carbocycles. The van der Waals surface area contributed by atoms with Crippen LogP contribution in [0, 0.1) is 11.8 Å². The Morgan fingerprint density at radius 3 is 2.75 bits per heavy atom. The van der Waals surface area contributed by atoms with Crippen molar-refractivity contribution in [2.75, 3.05) is 0 Å². The number of ether oxygens (including phenoxy) is 1. The van der Waals surface area contributed by atoms with Gasteiger partial charge in [-0.3, -0.25) is 4.79 Å². The van der Waals surface area contributed by atoms with Crippen LogP contribution in [0.1, 0.15) is 34.1 Å². The normalized spacial score (nSPS) is 12.1. The highest BCUT2D eigenvalue weighted by atomic mass is 35.5. The lowest BCUT2D eigenvalue weighted by atomic mass is 10.1. The molecule has 1 amide bonds. The van der Waals surface area contributed by atoms with Gasteiger partial charge in [0.1, 0.15) is 5.75 Å². The molecule has 0 radical (unpaired) electrons. The van der Waals surface area contributed by atoms with E-state index in [0.717, 1.165) is 0 Å². The second-order valence-electron chi connectivity index (χ2n) is 4.96. The van der Waals surface area contributed by atoms with Crippen molar-refractivity contribution in [3.8, 4) is 17.6 Å². The van der Waals surface area contributed by atoms with Gasteiger partial charge in [0.05, 0.1) is 5.54 Å². The van der Waals surface area contributed by atoms with Gasteiger partial charge in [0.15, 0.2) is 6.10 Å². The first-order chi connectivity index (χ1) is 9.38. The molecule has 0 heterocycles. The van der Waals surface area contributed by atoms with E-state index in [4.69, 9.17) is 16.3 Å². The third-order valence-corrected chi connectivity index (χ3v) is 2.85. The summed E-state index contributed by atoms with van der Waals surface area (Å²) < 4.78 is 5.69. The minimum atomic E-state index is -0.572. The fourth-order valence-electron chi connectivity index (χ4n) is 1.76. The standard InChI is InChI=1S/C16H20ClNO2/c1-5-10-16(3,4)18-15(19)14(6-2)20-13-9-7-8-12(17)11-13/h7-9,11,14H,6H2,1-4H3,(H,18,19). The topological polar surface area (TPSA) is 38.3 Å². The molecule has 1 atom stereocenters. The van der Waals surface area contributed by atoms with Crippen LogP contribution in [0.3, 0.4) is 0 Å². The summed E-state index contributed by atoms with van der Waals surface area (Å²) in [6, 6.07) is 7.01. The van der Waals surface area contributed by atoms with E-state index >= 15 is 0 Å². The number of hydrogen-bond acceptors (Lipinski definition) is 2. The molecule has 20 heavy (non-hydrogen) atoms. The third-order valence-electron chi connectivity index (χ3n) is 2.61. The van der Waals surface area contributed by atoms with Crippen molar-refractivity contribution in [1.82, 2.24) is 5.32 Å². The lowest BCUT2D eigenvalue weighted by Gasteiger charge is -2.24. The molecule has 0 aliphatic heterocycles. The molecule has 0 aliphatic rings. The molecule has 0 saturated carbocycles. The van der Waals surface area contributed by atoms with Gasteiger partial charge < -0.3 is 10.1 Å². The Morgan fingerprint density at radius 2 is 2.20 bits per heavy atom. The van der Waals surface area contributed by atoms with Gasteiger partial charge in [-0.1, -0.05) is 30.5 Å². The van der Waals surface area contributed by atoms with Gasteiger partial charge in [0.2, 0.25) is 0 Å². The maximum absolute atomic E-state index is 12.2. The Balaban J connectivity index is 2.75. The summed E-state index contributed by atoms with van der Waals surface area (Å²) in [5.41, 5.74) is -0.572. The number of rotatable bonds is 5. The van der Waals surface area contributed by atoms with Crippen LogP contribution >= 0.6 is 11.6 Å². The van der Waals surface area contributed by atoms with Gasteiger partial charge in [-0.15, -0.1) is 5.92 Å². The van der Waals surface area contributed by atoms with Crippen molar-refractivity contribution in [3.63, 3.8) is 0 Å². The van der Waals surface area contributed by atoms with Crippen molar-refractivity contribution < 1.29 is 9.53 Å². The van der Waals surface area contributed by atoms with E-state index in [1.165, 1.54) is 0 Å². The molecule has 3 nitrogen and oxygen atoms in total. The summed E-state index contributed by atoms with van der Waals surface area (Å²) in [7, 11) is 0. The molecule has 1 aromatic carbocycles. The highest BCUT2D eigenvalue weighted by Crippen LogP contribution is 2.19. The fraction of sp³-hybridized carbons (Fsp3) is 0.438. The SMILES string of the molecule is CC#CC(C)(C)NC(=O)C(CC)Oc1cccc(Cl)c1. The van der Waals surface area contributed by atoms with Crippen LogP contribution in [0.4, 0.5) is 0 Å². The molecule has 0 bridgehead atoms. The number of halogens is 1. The van der Waals surface area contributed by atoms with Gasteiger partial charge in [-0.05, 0) is 45.4 Å². The molecule has 0 saturated heterocycles. The Hall–Kier alpha value is -1.66. The van der Waals surface area contributed by atoms with Crippen LogP contribution < -0.4 is 10.1 Å². The Kier molecular flexibility index (Phi) is 5.91. The fourth-order valence-corrected chi connectivity index (χ4v) is 1.94. The van der Waals surface area contributed by atoms with E-state index in [9.17, 15) is 4.79 Å². The monoisotopic (exact) mass is 293 g/mol. The number of benzene rings is 1. The van der Waals surface area contributed by atoms with E-state index in [1.54, 1.807) is 31.2 Å². The van der Waals surface area contributed by atoms with Gasteiger partial charge >= 0.3 is 0 Å². The highest BCUT2D eigenvalue weighted by Gasteiger charge is 2.24. The van der Waals surface area contributed by atoms with E-state index in [2.05, 4.69) is 17.2 Å². The predicted octanol–water partition coefficient (Wildman–Crippen LogP) is 3.42. The quantitative estimate of drug-likeness (QED) is 0.845. The van der Waals surface area contributed by atoms with Crippen molar-refractivity contribution >= 4 is 17.5 Å². The molecule has 0 aromatic heterocycles. The van der Waals surface area contributed by atoms with Gasteiger partial charge in [0.25, 0.3) is 5.91 Å². The summed E-state index contributed by atoms with van der Waals surface area (Å²) in [4.78, 5) is 12.2. The van der Waals surface area contributed by atoms with Gasteiger partial charge in [-0.2, -0.15) is 0 Å². The summed E-state index contributed by atoms with van der Waals surface area (Å²) in [5.74, 6) is 6.15. The molecule has 1 unspecified atom stereocenters. The molecule has 0 spiro atoms. The summed E-state index contributed by atoms with van der Waals surface area (Å²) in [6.45, 7) is 7.35. The first kappa shape index (κ1) is 16.4. The first-order valence-electron chi connectivity index (χ1n) is 6.56. The van der Waals surface area contributed by atoms with Crippen LogP contribution in [0.15, 0.2) is 24.3 Å². The average molecular weight is 294 g/mol. The molecular weight excluding hydrogens is 274 g/mol. The molecule has 108 valence electrons. The van der Waals surface area contributed by atoms with Crippen molar-refractivity contribution in [1.29, 1.82) is 0 Å². The first-order valence-corrected chi connectivity index (χ1v) is 6.94. The third kappa shape index (κ3) is 5.14. The van der Waals surface area contributed by atoms with Crippen molar-refractivity contribution in [2.45, 2.75) is 45.8 Å². The zero-order valence-electron chi connectivity index (χ0n) is 12.3. The Bertz CT molecular complexity index is 529. The predicted molar refractivity (Wildman–Crippen MR) is 81.8 cm³/mol. The number of carbonyl (C=O) groups is 1. The van der Waals surface area contributed by atoms with E-state index in [0.29, 0.717) is 17.2 Å². The lowest BCUT2D eigenvalue weighted by Crippen LogP contribution is -2.48. The average Bonchev–Trinajstić information content (AvgIpc) is 2.35. The molecular formula is C16H20ClNO2. The number of carbonyl (C=O) groups excluding carboxylic acids is 1. The zero-order chi connectivity index (χ0) is 15.2. The maximum atomic E-state index is 12.2. The number of hydrogen-bond donors (Lipinski definition) is 1. The van der Waals surface area contributed by atoms with Crippen LogP contribution in [0.2, 0.25) is 5.02 Å². The van der Waals surface area contributed by atoms with E-state index < -0.39 is 11.6 Å². The second-order valence-corrected chi connectivity index (χ2v) is 5.40. The minimum absolute atomic E-state index is 0.180. The molecule has 4 heteroatoms.